The zero-order chi connectivity index (χ0) is 33.3. The van der Waals surface area contributed by atoms with Crippen molar-refractivity contribution in [3.8, 4) is 5.75 Å². The standard InChI is InChI=1S/C33H29F3N4O6/c1-16-8-9-21(46-4)20-14-32(30(44)39(2)31(45)40(32)3)26-25(23(16)20)29(43)27-24(28(26)42)18(15-38-27)10-11-37-22(41)13-17-6-5-7-19(12-17)33(34,35)36/h5-9,12,15,38H,10-11,13-14H2,1-4H3,(H,37,41). The molecule has 10 nitrogen and oxygen atoms in total. The van der Waals surface area contributed by atoms with Gasteiger partial charge < -0.3 is 19.9 Å². The van der Waals surface area contributed by atoms with Crippen LogP contribution in [0.2, 0.25) is 0 Å². The molecule has 0 saturated carbocycles. The van der Waals surface area contributed by atoms with Crippen molar-refractivity contribution in [3.05, 3.63) is 92.8 Å². The van der Waals surface area contributed by atoms with Crippen molar-refractivity contribution in [2.75, 3.05) is 27.7 Å². The lowest BCUT2D eigenvalue weighted by Gasteiger charge is -2.42. The lowest BCUT2D eigenvalue weighted by molar-refractivity contribution is -0.137. The summed E-state index contributed by atoms with van der Waals surface area (Å²) in [4.78, 5) is 73.5. The number of carbonyl (C=O) groups is 5. The molecule has 1 aliphatic heterocycles. The number of alkyl halides is 3. The molecule has 13 heteroatoms. The molecule has 1 spiro atoms. The van der Waals surface area contributed by atoms with Crippen LogP contribution < -0.4 is 10.1 Å². The Labute approximate surface area is 261 Å². The molecule has 2 aliphatic carbocycles. The number of aromatic nitrogens is 1. The third-order valence-electron chi connectivity index (χ3n) is 9.05. The number of rotatable bonds is 6. The number of hydrogen-bond acceptors (Lipinski definition) is 6. The topological polar surface area (TPSA) is 129 Å². The number of hydrogen-bond donors (Lipinski definition) is 2. The number of ketones is 2. The van der Waals surface area contributed by atoms with Crippen LogP contribution in [-0.4, -0.2) is 77.5 Å². The van der Waals surface area contributed by atoms with Crippen LogP contribution in [0.5, 0.6) is 5.75 Å². The normalized spacial score (nSPS) is 19.1. The van der Waals surface area contributed by atoms with Crippen molar-refractivity contribution in [1.29, 1.82) is 0 Å². The van der Waals surface area contributed by atoms with Gasteiger partial charge in [0.15, 0.2) is 11.3 Å². The smallest absolute Gasteiger partial charge is 0.416 e. The highest BCUT2D eigenvalue weighted by molar-refractivity contribution is 6.43. The maximum absolute atomic E-state index is 14.5. The summed E-state index contributed by atoms with van der Waals surface area (Å²) in [5, 5.41) is 2.65. The first-order chi connectivity index (χ1) is 21.7. The van der Waals surface area contributed by atoms with Crippen molar-refractivity contribution in [3.63, 3.8) is 0 Å². The van der Waals surface area contributed by atoms with Gasteiger partial charge in [0, 0.05) is 50.0 Å². The van der Waals surface area contributed by atoms with E-state index in [1.165, 1.54) is 44.4 Å². The number of aromatic amines is 1. The molecular weight excluding hydrogens is 605 g/mol. The molecule has 46 heavy (non-hydrogen) atoms. The number of methoxy groups -OCH3 is 1. The Kier molecular flexibility index (Phi) is 7.17. The molecule has 1 aromatic heterocycles. The Morgan fingerprint density at radius 3 is 2.46 bits per heavy atom. The number of urea groups is 1. The third-order valence-corrected chi connectivity index (χ3v) is 9.05. The number of amides is 4. The fourth-order valence-electron chi connectivity index (χ4n) is 6.82. The summed E-state index contributed by atoms with van der Waals surface area (Å²) in [5.74, 6) is -1.88. The number of ether oxygens (including phenoxy) is 1. The van der Waals surface area contributed by atoms with Crippen LogP contribution in [0.1, 0.15) is 54.2 Å². The van der Waals surface area contributed by atoms with Gasteiger partial charge in [-0.3, -0.25) is 24.1 Å². The monoisotopic (exact) mass is 634 g/mol. The molecule has 3 aromatic rings. The van der Waals surface area contributed by atoms with Crippen LogP contribution in [0.3, 0.4) is 0 Å². The van der Waals surface area contributed by atoms with Gasteiger partial charge >= 0.3 is 12.2 Å². The molecule has 2 heterocycles. The van der Waals surface area contributed by atoms with E-state index < -0.39 is 46.7 Å². The Hall–Kier alpha value is -5.20. The fourth-order valence-corrected chi connectivity index (χ4v) is 6.82. The van der Waals surface area contributed by atoms with Crippen LogP contribution in [0.15, 0.2) is 48.2 Å². The van der Waals surface area contributed by atoms with Crippen molar-refractivity contribution in [2.45, 2.75) is 37.9 Å². The van der Waals surface area contributed by atoms with Crippen LogP contribution in [0.4, 0.5) is 18.0 Å². The van der Waals surface area contributed by atoms with E-state index in [-0.39, 0.29) is 53.8 Å². The number of benzene rings is 2. The average Bonchev–Trinajstić information content (AvgIpc) is 3.51. The predicted molar refractivity (Wildman–Crippen MR) is 158 cm³/mol. The predicted octanol–water partition coefficient (Wildman–Crippen LogP) is 3.90. The first-order valence-corrected chi connectivity index (χ1v) is 14.4. The first-order valence-electron chi connectivity index (χ1n) is 14.4. The van der Waals surface area contributed by atoms with Crippen molar-refractivity contribution >= 4 is 35.0 Å². The zero-order valence-electron chi connectivity index (χ0n) is 25.3. The summed E-state index contributed by atoms with van der Waals surface area (Å²) < 4.78 is 44.8. The molecule has 1 unspecified atom stereocenters. The highest BCUT2D eigenvalue weighted by Gasteiger charge is 2.63. The number of aryl methyl sites for hydroxylation is 1. The molecule has 0 radical (unpaired) electrons. The van der Waals surface area contributed by atoms with Gasteiger partial charge in [-0.1, -0.05) is 24.3 Å². The Bertz CT molecular complexity index is 1910. The number of nitrogens with zero attached hydrogens (tertiary/aromatic N) is 2. The molecule has 0 bridgehead atoms. The van der Waals surface area contributed by atoms with Gasteiger partial charge in [-0.15, -0.1) is 0 Å². The van der Waals surface area contributed by atoms with Crippen LogP contribution in [0, 0.1) is 6.92 Å². The Balaban J connectivity index is 1.34. The lowest BCUT2D eigenvalue weighted by atomic mass is 9.65. The maximum atomic E-state index is 14.5. The van der Waals surface area contributed by atoms with Gasteiger partial charge in [0.05, 0.1) is 30.4 Å². The second kappa shape index (κ2) is 10.7. The lowest BCUT2D eigenvalue weighted by Crippen LogP contribution is -2.56. The highest BCUT2D eigenvalue weighted by atomic mass is 19.4. The van der Waals surface area contributed by atoms with Crippen LogP contribution in [0.25, 0.3) is 5.57 Å². The van der Waals surface area contributed by atoms with Gasteiger partial charge in [0.2, 0.25) is 11.7 Å². The van der Waals surface area contributed by atoms with Gasteiger partial charge in [0.1, 0.15) is 5.75 Å². The SMILES string of the molecule is COc1ccc(C)c2c1CC1(C(=O)N(C)C(=O)N1C)C1=C2C(=O)c2[nH]cc(CCNC(=O)Cc3cccc(C(F)(F)F)c3)c2C1=O. The van der Waals surface area contributed by atoms with Crippen molar-refractivity contribution in [1.82, 2.24) is 20.1 Å². The number of allylic oxidation sites excluding steroid dienone is 1. The van der Waals surface area contributed by atoms with E-state index in [1.54, 1.807) is 19.1 Å². The van der Waals surface area contributed by atoms with E-state index in [9.17, 15) is 37.1 Å². The number of Topliss-reactive ketones (excluding diaryl/α,β-unsaturated/α-hetero) is 2. The molecule has 4 amide bonds. The van der Waals surface area contributed by atoms with E-state index in [2.05, 4.69) is 10.3 Å². The molecule has 2 aromatic carbocycles. The summed E-state index contributed by atoms with van der Waals surface area (Å²) in [6, 6.07) is 7.33. The summed E-state index contributed by atoms with van der Waals surface area (Å²) >= 11 is 0. The maximum Gasteiger partial charge on any atom is 0.416 e. The molecule has 6 rings (SSSR count). The van der Waals surface area contributed by atoms with Gasteiger partial charge in [-0.2, -0.15) is 13.2 Å². The Morgan fingerprint density at radius 2 is 1.80 bits per heavy atom. The molecule has 238 valence electrons. The number of H-pyrrole nitrogens is 1. The summed E-state index contributed by atoms with van der Waals surface area (Å²) in [6.07, 6.45) is -3.33. The van der Waals surface area contributed by atoms with Crippen LogP contribution in [-0.2, 0) is 35.0 Å². The zero-order valence-corrected chi connectivity index (χ0v) is 25.3. The molecule has 2 N–H and O–H groups in total. The van der Waals surface area contributed by atoms with Gasteiger partial charge in [0.25, 0.3) is 5.91 Å². The van der Waals surface area contributed by atoms with E-state index in [0.29, 0.717) is 28.0 Å². The second-order valence-corrected chi connectivity index (χ2v) is 11.6. The number of carbonyl (C=O) groups excluding carboxylic acids is 5. The van der Waals surface area contributed by atoms with Gasteiger partial charge in [-0.25, -0.2) is 4.79 Å². The van der Waals surface area contributed by atoms with Crippen LogP contribution >= 0.6 is 0 Å². The summed E-state index contributed by atoms with van der Waals surface area (Å²) in [5.41, 5.74) is -0.372. The third kappa shape index (κ3) is 4.44. The number of likely N-dealkylation sites (N-methyl/N-ethyl adjacent to an activating group) is 2. The second-order valence-electron chi connectivity index (χ2n) is 11.6. The van der Waals surface area contributed by atoms with E-state index >= 15 is 0 Å². The summed E-state index contributed by atoms with van der Waals surface area (Å²) in [6.45, 7) is 1.80. The fraction of sp³-hybridized carbons (Fsp3) is 0.303. The number of nitrogens with one attached hydrogen (secondary N) is 2. The minimum atomic E-state index is -4.54. The van der Waals surface area contributed by atoms with E-state index in [4.69, 9.17) is 4.74 Å². The summed E-state index contributed by atoms with van der Waals surface area (Å²) in [7, 11) is 4.21. The minimum absolute atomic E-state index is 0.0137. The Morgan fingerprint density at radius 1 is 1.07 bits per heavy atom. The highest BCUT2D eigenvalue weighted by Crippen LogP contribution is 2.51. The number of halogens is 3. The first kappa shape index (κ1) is 30.8. The quantitative estimate of drug-likeness (QED) is 0.396. The van der Waals surface area contributed by atoms with Crippen molar-refractivity contribution < 1.29 is 41.9 Å². The molecule has 1 fully saturated rings. The largest absolute Gasteiger partial charge is 0.496 e. The molecule has 3 aliphatic rings. The average molecular weight is 635 g/mol. The van der Waals surface area contributed by atoms with Gasteiger partial charge in [-0.05, 0) is 47.7 Å². The van der Waals surface area contributed by atoms with E-state index in [1.807, 2.05) is 0 Å². The molecule has 1 saturated heterocycles. The molecular formula is C33H29F3N4O6. The van der Waals surface area contributed by atoms with Crippen molar-refractivity contribution in [2.24, 2.45) is 0 Å². The minimum Gasteiger partial charge on any atom is -0.496 e. The molecule has 1 atom stereocenters. The number of fused-ring (bicyclic) bond motifs is 4. The van der Waals surface area contributed by atoms with E-state index in [0.717, 1.165) is 17.0 Å². The number of imide groups is 1.